The normalized spacial score (nSPS) is 11.9. The summed E-state index contributed by atoms with van der Waals surface area (Å²) in [6.45, 7) is 3.78. The van der Waals surface area contributed by atoms with Crippen LogP contribution in [0.3, 0.4) is 0 Å². The smallest absolute Gasteiger partial charge is 0.326 e. The molecule has 0 aromatic carbocycles. The van der Waals surface area contributed by atoms with Crippen LogP contribution in [0, 0.1) is 6.92 Å². The molecule has 1 unspecified atom stereocenters. The predicted molar refractivity (Wildman–Crippen MR) is 69.9 cm³/mol. The molecule has 1 heterocycles. The molecule has 2 N–H and O–H groups in total. The average molecular weight is 266 g/mol. The summed E-state index contributed by atoms with van der Waals surface area (Å²) in [6, 6.07) is 2.28. The van der Waals surface area contributed by atoms with Gasteiger partial charge in [0.1, 0.15) is 6.04 Å². The largest absolute Gasteiger partial charge is 0.480 e. The van der Waals surface area contributed by atoms with E-state index < -0.39 is 12.0 Å². The number of carbonyl (C=O) groups excluding carboxylic acids is 1. The monoisotopic (exact) mass is 266 g/mol. The van der Waals surface area contributed by atoms with E-state index in [1.165, 1.54) is 10.6 Å². The SMILES string of the molecule is CCC(NC(=O)CCn1cc(C)ccc1=O)C(=O)O. The van der Waals surface area contributed by atoms with Crippen molar-refractivity contribution in [2.24, 2.45) is 0 Å². The molecule has 0 saturated carbocycles. The van der Waals surface area contributed by atoms with E-state index >= 15 is 0 Å². The Morgan fingerprint density at radius 3 is 2.68 bits per heavy atom. The molecule has 0 aliphatic heterocycles. The Kier molecular flexibility index (Phi) is 5.29. The first-order valence-electron chi connectivity index (χ1n) is 6.13. The van der Waals surface area contributed by atoms with E-state index in [0.29, 0.717) is 6.42 Å². The highest BCUT2D eigenvalue weighted by molar-refractivity contribution is 5.83. The molecule has 0 saturated heterocycles. The van der Waals surface area contributed by atoms with Gasteiger partial charge in [-0.1, -0.05) is 13.0 Å². The minimum atomic E-state index is -1.05. The average Bonchev–Trinajstić information content (AvgIpc) is 2.36. The lowest BCUT2D eigenvalue weighted by molar-refractivity contribution is -0.141. The van der Waals surface area contributed by atoms with Crippen molar-refractivity contribution in [2.45, 2.75) is 39.3 Å². The van der Waals surface area contributed by atoms with Crippen molar-refractivity contribution in [1.29, 1.82) is 0 Å². The first-order valence-corrected chi connectivity index (χ1v) is 6.13. The van der Waals surface area contributed by atoms with Crippen LogP contribution in [-0.4, -0.2) is 27.6 Å². The van der Waals surface area contributed by atoms with Crippen molar-refractivity contribution in [3.05, 3.63) is 34.2 Å². The van der Waals surface area contributed by atoms with Crippen molar-refractivity contribution < 1.29 is 14.7 Å². The lowest BCUT2D eigenvalue weighted by atomic mass is 10.2. The number of amides is 1. The zero-order chi connectivity index (χ0) is 14.4. The van der Waals surface area contributed by atoms with Crippen LogP contribution in [0.2, 0.25) is 0 Å². The molecule has 0 aliphatic rings. The molecule has 104 valence electrons. The molecule has 1 aromatic rings. The minimum absolute atomic E-state index is 0.0765. The summed E-state index contributed by atoms with van der Waals surface area (Å²) < 4.78 is 1.44. The molecule has 0 fully saturated rings. The Morgan fingerprint density at radius 2 is 2.11 bits per heavy atom. The van der Waals surface area contributed by atoms with Gasteiger partial charge >= 0.3 is 5.97 Å². The molecule has 0 aliphatic carbocycles. The molecule has 1 aromatic heterocycles. The van der Waals surface area contributed by atoms with Gasteiger partial charge < -0.3 is 15.0 Å². The van der Waals surface area contributed by atoms with E-state index in [9.17, 15) is 14.4 Å². The molecule has 0 spiro atoms. The first kappa shape index (κ1) is 14.9. The summed E-state index contributed by atoms with van der Waals surface area (Å²) in [4.78, 5) is 33.9. The summed E-state index contributed by atoms with van der Waals surface area (Å²) >= 11 is 0. The van der Waals surface area contributed by atoms with Crippen LogP contribution in [0.25, 0.3) is 0 Å². The van der Waals surface area contributed by atoms with E-state index in [1.54, 1.807) is 19.2 Å². The van der Waals surface area contributed by atoms with Crippen LogP contribution in [0.15, 0.2) is 23.1 Å². The lowest BCUT2D eigenvalue weighted by Crippen LogP contribution is -2.40. The number of aromatic nitrogens is 1. The van der Waals surface area contributed by atoms with E-state index in [-0.39, 0.29) is 24.4 Å². The molecule has 6 heteroatoms. The number of aliphatic carboxylic acids is 1. The number of carbonyl (C=O) groups is 2. The second kappa shape index (κ2) is 6.72. The zero-order valence-corrected chi connectivity index (χ0v) is 11.0. The quantitative estimate of drug-likeness (QED) is 0.786. The molecular weight excluding hydrogens is 248 g/mol. The molecule has 6 nitrogen and oxygen atoms in total. The number of carboxylic acid groups (broad SMARTS) is 1. The van der Waals surface area contributed by atoms with Crippen LogP contribution in [0.1, 0.15) is 25.3 Å². The second-order valence-electron chi connectivity index (χ2n) is 4.35. The third kappa shape index (κ3) is 4.57. The molecule has 0 radical (unpaired) electrons. The van der Waals surface area contributed by atoms with Crippen molar-refractivity contribution in [3.8, 4) is 0 Å². The zero-order valence-electron chi connectivity index (χ0n) is 11.0. The maximum absolute atomic E-state index is 11.6. The van der Waals surface area contributed by atoms with Crippen molar-refractivity contribution in [1.82, 2.24) is 9.88 Å². The van der Waals surface area contributed by atoms with Crippen LogP contribution in [-0.2, 0) is 16.1 Å². The maximum atomic E-state index is 11.6. The predicted octanol–water partition coefficient (Wildman–Crippen LogP) is 0.526. The van der Waals surface area contributed by atoms with Gasteiger partial charge in [0.05, 0.1) is 0 Å². The molecule has 19 heavy (non-hydrogen) atoms. The lowest BCUT2D eigenvalue weighted by Gasteiger charge is -2.12. The van der Waals surface area contributed by atoms with Crippen LogP contribution in [0.5, 0.6) is 0 Å². The van der Waals surface area contributed by atoms with E-state index in [1.807, 2.05) is 6.92 Å². The van der Waals surface area contributed by atoms with Gasteiger partial charge in [-0.25, -0.2) is 4.79 Å². The minimum Gasteiger partial charge on any atom is -0.480 e. The number of pyridine rings is 1. The van der Waals surface area contributed by atoms with Gasteiger partial charge in [0.2, 0.25) is 5.91 Å². The number of aryl methyl sites for hydroxylation is 2. The fourth-order valence-electron chi connectivity index (χ4n) is 1.65. The third-order valence-corrected chi connectivity index (χ3v) is 2.75. The molecule has 1 amide bonds. The summed E-state index contributed by atoms with van der Waals surface area (Å²) in [5.74, 6) is -1.42. The van der Waals surface area contributed by atoms with Crippen molar-refractivity contribution >= 4 is 11.9 Å². The van der Waals surface area contributed by atoms with Gasteiger partial charge in [-0.2, -0.15) is 0 Å². The molecular formula is C13H18N2O4. The number of rotatable bonds is 6. The summed E-state index contributed by atoms with van der Waals surface area (Å²) in [7, 11) is 0. The van der Waals surface area contributed by atoms with Crippen molar-refractivity contribution in [3.63, 3.8) is 0 Å². The van der Waals surface area contributed by atoms with Gasteiger partial charge in [0.25, 0.3) is 5.56 Å². The van der Waals surface area contributed by atoms with Crippen molar-refractivity contribution in [2.75, 3.05) is 0 Å². The number of nitrogens with one attached hydrogen (secondary N) is 1. The van der Waals surface area contributed by atoms with Gasteiger partial charge in [-0.3, -0.25) is 9.59 Å². The Hall–Kier alpha value is -2.11. The van der Waals surface area contributed by atoms with Gasteiger partial charge in [0, 0.05) is 25.2 Å². The first-order chi connectivity index (χ1) is 8.93. The fourth-order valence-corrected chi connectivity index (χ4v) is 1.65. The van der Waals surface area contributed by atoms with Gasteiger partial charge in [-0.05, 0) is 18.9 Å². The van der Waals surface area contributed by atoms with E-state index in [4.69, 9.17) is 5.11 Å². The number of carboxylic acids is 1. The summed E-state index contributed by atoms with van der Waals surface area (Å²) in [5, 5.41) is 11.2. The Morgan fingerprint density at radius 1 is 1.42 bits per heavy atom. The standard InChI is InChI=1S/C13H18N2O4/c1-3-10(13(18)19)14-11(16)6-7-15-8-9(2)4-5-12(15)17/h4-5,8,10H,3,6-7H2,1-2H3,(H,14,16)(H,18,19). The Labute approximate surface area is 111 Å². The second-order valence-corrected chi connectivity index (χ2v) is 4.35. The number of hydrogen-bond acceptors (Lipinski definition) is 3. The van der Waals surface area contributed by atoms with E-state index in [0.717, 1.165) is 5.56 Å². The topological polar surface area (TPSA) is 88.4 Å². The fraction of sp³-hybridized carbons (Fsp3) is 0.462. The van der Waals surface area contributed by atoms with Crippen LogP contribution in [0.4, 0.5) is 0 Å². The van der Waals surface area contributed by atoms with Crippen LogP contribution >= 0.6 is 0 Å². The molecule has 1 rings (SSSR count). The van der Waals surface area contributed by atoms with Crippen LogP contribution < -0.4 is 10.9 Å². The molecule has 1 atom stereocenters. The summed E-state index contributed by atoms with van der Waals surface area (Å²) in [6.07, 6.45) is 2.07. The highest BCUT2D eigenvalue weighted by Gasteiger charge is 2.17. The van der Waals surface area contributed by atoms with E-state index in [2.05, 4.69) is 5.32 Å². The summed E-state index contributed by atoms with van der Waals surface area (Å²) in [5.41, 5.74) is 0.751. The highest BCUT2D eigenvalue weighted by Crippen LogP contribution is 1.96. The van der Waals surface area contributed by atoms with Gasteiger partial charge in [-0.15, -0.1) is 0 Å². The highest BCUT2D eigenvalue weighted by atomic mass is 16.4. The number of nitrogens with zero attached hydrogens (tertiary/aromatic N) is 1. The molecule has 0 bridgehead atoms. The Bertz CT molecular complexity index is 522. The number of hydrogen-bond donors (Lipinski definition) is 2. The third-order valence-electron chi connectivity index (χ3n) is 2.75. The maximum Gasteiger partial charge on any atom is 0.326 e. The Balaban J connectivity index is 2.57. The van der Waals surface area contributed by atoms with Gasteiger partial charge in [0.15, 0.2) is 0 Å².